The molecule has 0 bridgehead atoms. The molecule has 4 nitrogen and oxygen atoms in total. The highest BCUT2D eigenvalue weighted by Gasteiger charge is 2.13. The summed E-state index contributed by atoms with van der Waals surface area (Å²) in [6, 6.07) is 12.8. The first-order chi connectivity index (χ1) is 10.9. The highest BCUT2D eigenvalue weighted by Crippen LogP contribution is 2.20. The van der Waals surface area contributed by atoms with Gasteiger partial charge in [-0.05, 0) is 55.2 Å². The van der Waals surface area contributed by atoms with Crippen LogP contribution in [0.5, 0.6) is 5.75 Å². The largest absolute Gasteiger partial charge is 0.492 e. The summed E-state index contributed by atoms with van der Waals surface area (Å²) in [5.74, 6) is 0.788. The van der Waals surface area contributed by atoms with Gasteiger partial charge in [-0.3, -0.25) is 0 Å². The monoisotopic (exact) mass is 333 g/mol. The van der Waals surface area contributed by atoms with Crippen LogP contribution in [0.3, 0.4) is 0 Å². The molecule has 0 radical (unpaired) electrons. The van der Waals surface area contributed by atoms with E-state index in [1.807, 2.05) is 51.1 Å². The first-order valence-corrected chi connectivity index (χ1v) is 9.20. The van der Waals surface area contributed by atoms with Crippen LogP contribution in [0.25, 0.3) is 0 Å². The minimum atomic E-state index is -3.49. The van der Waals surface area contributed by atoms with Crippen LogP contribution in [0, 0.1) is 13.8 Å². The molecule has 23 heavy (non-hydrogen) atoms. The third-order valence-corrected chi connectivity index (χ3v) is 5.33. The first kappa shape index (κ1) is 17.5. The highest BCUT2D eigenvalue weighted by molar-refractivity contribution is 7.89. The highest BCUT2D eigenvalue weighted by atomic mass is 32.2. The van der Waals surface area contributed by atoms with E-state index in [0.29, 0.717) is 0 Å². The lowest BCUT2D eigenvalue weighted by molar-refractivity contribution is 0.320. The summed E-state index contributed by atoms with van der Waals surface area (Å²) >= 11 is 0. The Bertz CT molecular complexity index is 752. The van der Waals surface area contributed by atoms with E-state index in [2.05, 4.69) is 4.72 Å². The van der Waals surface area contributed by atoms with Crippen LogP contribution in [0.15, 0.2) is 47.4 Å². The van der Waals surface area contributed by atoms with E-state index < -0.39 is 10.0 Å². The number of hydrogen-bond acceptors (Lipinski definition) is 3. The number of aryl methyl sites for hydroxylation is 2. The molecule has 0 unspecified atom stereocenters. The minimum Gasteiger partial charge on any atom is -0.492 e. The van der Waals surface area contributed by atoms with Crippen molar-refractivity contribution >= 4 is 10.0 Å². The van der Waals surface area contributed by atoms with E-state index in [9.17, 15) is 8.42 Å². The van der Waals surface area contributed by atoms with Crippen molar-refractivity contribution in [2.75, 3.05) is 13.2 Å². The molecule has 0 aliphatic heterocycles. The van der Waals surface area contributed by atoms with Crippen molar-refractivity contribution in [1.82, 2.24) is 4.72 Å². The number of benzene rings is 2. The summed E-state index contributed by atoms with van der Waals surface area (Å²) in [5, 5.41) is 0. The van der Waals surface area contributed by atoms with Crippen LogP contribution < -0.4 is 9.46 Å². The first-order valence-electron chi connectivity index (χ1n) is 7.71. The molecular weight excluding hydrogens is 310 g/mol. The average Bonchev–Trinajstić information content (AvgIpc) is 2.55. The number of nitrogens with one attached hydrogen (secondary N) is 1. The predicted molar refractivity (Wildman–Crippen MR) is 92.4 cm³/mol. The van der Waals surface area contributed by atoms with Crippen LogP contribution in [-0.2, 0) is 16.4 Å². The predicted octanol–water partition coefficient (Wildman–Crippen LogP) is 3.22. The zero-order valence-corrected chi connectivity index (χ0v) is 14.6. The molecule has 0 saturated heterocycles. The van der Waals surface area contributed by atoms with E-state index in [0.717, 1.165) is 28.9 Å². The van der Waals surface area contributed by atoms with Crippen molar-refractivity contribution in [3.63, 3.8) is 0 Å². The molecule has 1 N–H and O–H groups in total. The third kappa shape index (κ3) is 4.56. The van der Waals surface area contributed by atoms with Crippen molar-refractivity contribution in [1.29, 1.82) is 0 Å². The molecule has 0 heterocycles. The van der Waals surface area contributed by atoms with E-state index >= 15 is 0 Å². The van der Waals surface area contributed by atoms with Gasteiger partial charge in [0.15, 0.2) is 0 Å². The lowest BCUT2D eigenvalue weighted by Gasteiger charge is -2.12. The van der Waals surface area contributed by atoms with Crippen molar-refractivity contribution in [2.45, 2.75) is 32.1 Å². The van der Waals surface area contributed by atoms with Crippen molar-refractivity contribution in [3.05, 3.63) is 59.2 Å². The molecule has 0 amide bonds. The van der Waals surface area contributed by atoms with Gasteiger partial charge in [0, 0.05) is 6.54 Å². The fourth-order valence-corrected chi connectivity index (χ4v) is 3.22. The van der Waals surface area contributed by atoms with Crippen LogP contribution in [0.1, 0.15) is 23.6 Å². The summed E-state index contributed by atoms with van der Waals surface area (Å²) in [6.07, 6.45) is 0.886. The smallest absolute Gasteiger partial charge is 0.240 e. The fourth-order valence-electron chi connectivity index (χ4n) is 2.21. The molecule has 5 heteroatoms. The Morgan fingerprint density at radius 2 is 1.74 bits per heavy atom. The van der Waals surface area contributed by atoms with Gasteiger partial charge >= 0.3 is 0 Å². The molecule has 2 aromatic carbocycles. The molecule has 2 aromatic rings. The number of sulfonamides is 1. The van der Waals surface area contributed by atoms with Gasteiger partial charge in [0.05, 0.1) is 4.90 Å². The van der Waals surface area contributed by atoms with E-state index in [4.69, 9.17) is 4.74 Å². The third-order valence-electron chi connectivity index (χ3n) is 3.85. The van der Waals surface area contributed by atoms with Crippen LogP contribution >= 0.6 is 0 Å². The molecule has 0 atom stereocenters. The Kier molecular flexibility index (Phi) is 5.80. The molecule has 0 aliphatic carbocycles. The quantitative estimate of drug-likeness (QED) is 0.792. The molecule has 0 aromatic heterocycles. The molecule has 124 valence electrons. The summed E-state index contributed by atoms with van der Waals surface area (Å²) in [7, 11) is -3.49. The Labute approximate surface area is 138 Å². The van der Waals surface area contributed by atoms with Crippen LogP contribution in [0.2, 0.25) is 0 Å². The van der Waals surface area contributed by atoms with Gasteiger partial charge in [-0.1, -0.05) is 31.2 Å². The Hall–Kier alpha value is -1.85. The zero-order valence-electron chi connectivity index (χ0n) is 13.8. The van der Waals surface area contributed by atoms with Crippen LogP contribution in [-0.4, -0.2) is 21.6 Å². The van der Waals surface area contributed by atoms with Crippen LogP contribution in [0.4, 0.5) is 0 Å². The number of hydrogen-bond donors (Lipinski definition) is 1. The van der Waals surface area contributed by atoms with Crippen molar-refractivity contribution in [2.24, 2.45) is 0 Å². The zero-order chi connectivity index (χ0) is 16.9. The maximum atomic E-state index is 12.2. The van der Waals surface area contributed by atoms with Crippen molar-refractivity contribution < 1.29 is 13.2 Å². The summed E-state index contributed by atoms with van der Waals surface area (Å²) in [4.78, 5) is 0.279. The van der Waals surface area contributed by atoms with Gasteiger partial charge in [0.1, 0.15) is 12.4 Å². The maximum absolute atomic E-state index is 12.2. The lowest BCUT2D eigenvalue weighted by atomic mass is 10.1. The van der Waals surface area contributed by atoms with Gasteiger partial charge in [-0.25, -0.2) is 13.1 Å². The molecular formula is C18H23NO3S. The molecule has 0 aliphatic rings. The van der Waals surface area contributed by atoms with Gasteiger partial charge in [-0.15, -0.1) is 0 Å². The second kappa shape index (κ2) is 7.62. The minimum absolute atomic E-state index is 0.227. The van der Waals surface area contributed by atoms with Gasteiger partial charge in [0.25, 0.3) is 0 Å². The molecule has 0 spiro atoms. The molecule has 0 saturated carbocycles. The maximum Gasteiger partial charge on any atom is 0.240 e. The second-order valence-corrected chi connectivity index (χ2v) is 7.21. The lowest BCUT2D eigenvalue weighted by Crippen LogP contribution is -2.28. The molecule has 0 fully saturated rings. The summed E-state index contributed by atoms with van der Waals surface area (Å²) in [5.41, 5.74) is 3.34. The summed E-state index contributed by atoms with van der Waals surface area (Å²) < 4.78 is 32.6. The number of rotatable bonds is 7. The second-order valence-electron chi connectivity index (χ2n) is 5.44. The van der Waals surface area contributed by atoms with Gasteiger partial charge in [0.2, 0.25) is 10.0 Å². The fraction of sp³-hybridized carbons (Fsp3) is 0.333. The van der Waals surface area contributed by atoms with Gasteiger partial charge in [-0.2, -0.15) is 0 Å². The van der Waals surface area contributed by atoms with E-state index in [1.54, 1.807) is 12.1 Å². The van der Waals surface area contributed by atoms with Crippen molar-refractivity contribution in [3.8, 4) is 5.75 Å². The van der Waals surface area contributed by atoms with Gasteiger partial charge < -0.3 is 4.74 Å². The standard InChI is InChI=1S/C18H23NO3S/c1-4-16-8-10-17(11-9-16)23(20,21)19-12-13-22-18-7-5-6-14(2)15(18)3/h5-11,19H,4,12-13H2,1-3H3. The molecule has 2 rings (SSSR count). The Morgan fingerprint density at radius 1 is 1.04 bits per heavy atom. The Morgan fingerprint density at radius 3 is 2.39 bits per heavy atom. The van der Waals surface area contributed by atoms with E-state index in [-0.39, 0.29) is 18.0 Å². The SMILES string of the molecule is CCc1ccc(S(=O)(=O)NCCOc2cccc(C)c2C)cc1. The summed E-state index contributed by atoms with van der Waals surface area (Å²) in [6.45, 7) is 6.56. The average molecular weight is 333 g/mol. The normalized spacial score (nSPS) is 11.4. The van der Waals surface area contributed by atoms with E-state index in [1.165, 1.54) is 0 Å². The Balaban J connectivity index is 1.90. The topological polar surface area (TPSA) is 55.4 Å². The number of ether oxygens (including phenoxy) is 1.